The van der Waals surface area contributed by atoms with Gasteiger partial charge in [0.05, 0.1) is 0 Å². The van der Waals surface area contributed by atoms with Crippen molar-refractivity contribution in [2.24, 2.45) is 0 Å². The van der Waals surface area contributed by atoms with Gasteiger partial charge in [-0.3, -0.25) is 0 Å². The summed E-state index contributed by atoms with van der Waals surface area (Å²) >= 11 is 0. The maximum Gasteiger partial charge on any atom is 0 e. The van der Waals surface area contributed by atoms with Crippen LogP contribution in [0.3, 0.4) is 0 Å². The molecule has 0 N–H and O–H groups in total. The SMILES string of the molecule is C.[Si].[W].[Y]. The van der Waals surface area contributed by atoms with E-state index in [4.69, 9.17) is 0 Å². The second-order valence-corrected chi connectivity index (χ2v) is 0. The molecule has 0 saturated heterocycles. The van der Waals surface area contributed by atoms with E-state index in [9.17, 15) is 0 Å². The molecule has 0 saturated carbocycles. The van der Waals surface area contributed by atoms with Crippen molar-refractivity contribution >= 4 is 11.0 Å². The molecule has 0 aromatic heterocycles. The van der Waals surface area contributed by atoms with E-state index in [0.717, 1.165) is 0 Å². The quantitative estimate of drug-likeness (QED) is 0.562. The van der Waals surface area contributed by atoms with E-state index in [1.54, 1.807) is 0 Å². The molecule has 0 bridgehead atoms. The molecule has 3 heteroatoms. The first kappa shape index (κ1) is 37.4. The Kier molecular flexibility index (Phi) is 186. The second-order valence-electron chi connectivity index (χ2n) is 0. The smallest absolute Gasteiger partial charge is 0 e. The van der Waals surface area contributed by atoms with Gasteiger partial charge in [-0.25, -0.2) is 0 Å². The maximum absolute atomic E-state index is 0. The van der Waals surface area contributed by atoms with Gasteiger partial charge in [-0.1, -0.05) is 7.43 Å². The van der Waals surface area contributed by atoms with Crippen LogP contribution in [-0.4, -0.2) is 11.0 Å². The summed E-state index contributed by atoms with van der Waals surface area (Å²) in [6.07, 6.45) is 0. The van der Waals surface area contributed by atoms with Crippen LogP contribution in [0.2, 0.25) is 0 Å². The third-order valence-electron chi connectivity index (χ3n) is 0. The molecule has 0 aliphatic rings. The standard InChI is InChI=1S/CH4.Si.W.Y/h1H4;;;. The molecule has 0 atom stereocenters. The molecule has 0 rings (SSSR count). The molecular weight excluding hydrogens is 313 g/mol. The van der Waals surface area contributed by atoms with Crippen molar-refractivity contribution < 1.29 is 53.8 Å². The van der Waals surface area contributed by atoms with Crippen LogP contribution in [0.15, 0.2) is 0 Å². The minimum absolute atomic E-state index is 0. The Hall–Kier alpha value is 2.01. The summed E-state index contributed by atoms with van der Waals surface area (Å²) in [4.78, 5) is 0. The Labute approximate surface area is 71.3 Å². The van der Waals surface area contributed by atoms with Gasteiger partial charge in [-0.05, 0) is 0 Å². The van der Waals surface area contributed by atoms with Gasteiger partial charge in [0.1, 0.15) is 0 Å². The summed E-state index contributed by atoms with van der Waals surface area (Å²) in [5.74, 6) is 0. The summed E-state index contributed by atoms with van der Waals surface area (Å²) in [6, 6.07) is 0. The number of hydrogen-bond donors (Lipinski definition) is 0. The van der Waals surface area contributed by atoms with Gasteiger partial charge in [-0.15, -0.1) is 0 Å². The largest absolute Gasteiger partial charge is 0.0776 e. The first-order valence-electron chi connectivity index (χ1n) is 0. The van der Waals surface area contributed by atoms with Crippen molar-refractivity contribution in [2.45, 2.75) is 7.43 Å². The molecule has 0 heterocycles. The monoisotopic (exact) mass is 317 g/mol. The summed E-state index contributed by atoms with van der Waals surface area (Å²) in [5, 5.41) is 0. The zero-order valence-corrected chi connectivity index (χ0v) is 8.26. The van der Waals surface area contributed by atoms with E-state index in [0.29, 0.717) is 0 Å². The number of hydrogen-bond acceptors (Lipinski definition) is 0. The van der Waals surface area contributed by atoms with E-state index in [1.807, 2.05) is 0 Å². The van der Waals surface area contributed by atoms with Crippen LogP contribution < -0.4 is 0 Å². The van der Waals surface area contributed by atoms with Crippen LogP contribution >= 0.6 is 0 Å². The third kappa shape index (κ3) is 8.99. The van der Waals surface area contributed by atoms with Crippen molar-refractivity contribution in [1.82, 2.24) is 0 Å². The van der Waals surface area contributed by atoms with Gasteiger partial charge in [-0.2, -0.15) is 0 Å². The molecule has 0 fully saturated rings. The molecule has 0 unspecified atom stereocenters. The number of rotatable bonds is 0. The Morgan fingerprint density at radius 3 is 1.00 bits per heavy atom. The van der Waals surface area contributed by atoms with Crippen molar-refractivity contribution in [1.29, 1.82) is 0 Å². The Balaban J connectivity index is 0. The first-order valence-corrected chi connectivity index (χ1v) is 0. The van der Waals surface area contributed by atoms with Gasteiger partial charge in [0, 0.05) is 64.7 Å². The fourth-order valence-electron chi connectivity index (χ4n) is 0. The summed E-state index contributed by atoms with van der Waals surface area (Å²) in [6.45, 7) is 0. The van der Waals surface area contributed by atoms with E-state index in [1.165, 1.54) is 0 Å². The molecule has 5 radical (unpaired) electrons. The molecular formula is CH4SiWY. The predicted octanol–water partition coefficient (Wildman–Crippen LogP) is 0.250. The normalized spacial score (nSPS) is 0. The minimum atomic E-state index is 0. The van der Waals surface area contributed by atoms with Crippen LogP contribution in [0.1, 0.15) is 7.43 Å². The topological polar surface area (TPSA) is 0 Å². The fraction of sp³-hybridized carbons (Fsp3) is 1.00. The molecule has 0 aliphatic carbocycles. The maximum atomic E-state index is 0. The van der Waals surface area contributed by atoms with Crippen molar-refractivity contribution in [3.05, 3.63) is 0 Å². The van der Waals surface area contributed by atoms with Crippen molar-refractivity contribution in [2.75, 3.05) is 0 Å². The average molecular weight is 317 g/mol. The van der Waals surface area contributed by atoms with Gasteiger partial charge in [0.15, 0.2) is 0 Å². The zero-order valence-electron chi connectivity index (χ0n) is 1.49. The minimum Gasteiger partial charge on any atom is -0.0776 e. The molecule has 0 aromatic carbocycles. The molecule has 0 spiro atoms. The first-order chi connectivity index (χ1) is 0. The van der Waals surface area contributed by atoms with E-state index in [2.05, 4.69) is 0 Å². The zero-order chi connectivity index (χ0) is 0. The average Bonchev–Trinajstić information content (AvgIpc) is 0. The Morgan fingerprint density at radius 2 is 1.00 bits per heavy atom. The van der Waals surface area contributed by atoms with Gasteiger partial charge in [0.25, 0.3) is 0 Å². The molecule has 0 aliphatic heterocycles. The van der Waals surface area contributed by atoms with Crippen LogP contribution in [0.5, 0.6) is 0 Å². The van der Waals surface area contributed by atoms with Gasteiger partial charge in [0.2, 0.25) is 0 Å². The van der Waals surface area contributed by atoms with Crippen LogP contribution in [0.4, 0.5) is 0 Å². The van der Waals surface area contributed by atoms with E-state index >= 15 is 0 Å². The van der Waals surface area contributed by atoms with Crippen molar-refractivity contribution in [3.63, 3.8) is 0 Å². The molecule has 21 valence electrons. The fourth-order valence-corrected chi connectivity index (χ4v) is 0. The summed E-state index contributed by atoms with van der Waals surface area (Å²) in [7, 11) is 0. The van der Waals surface area contributed by atoms with Gasteiger partial charge >= 0.3 is 0 Å². The van der Waals surface area contributed by atoms with E-state index < -0.39 is 0 Å². The molecule has 0 amide bonds. The third-order valence-corrected chi connectivity index (χ3v) is 0. The molecule has 0 nitrogen and oxygen atoms in total. The van der Waals surface area contributed by atoms with Crippen LogP contribution in [-0.2, 0) is 53.8 Å². The van der Waals surface area contributed by atoms with Crippen LogP contribution in [0.25, 0.3) is 0 Å². The Bertz CT molecular complexity index is 8.00. The summed E-state index contributed by atoms with van der Waals surface area (Å²) < 4.78 is 0. The summed E-state index contributed by atoms with van der Waals surface area (Å²) in [5.41, 5.74) is 0. The second kappa shape index (κ2) is 19.9. The van der Waals surface area contributed by atoms with Crippen molar-refractivity contribution in [3.8, 4) is 0 Å². The van der Waals surface area contributed by atoms with Gasteiger partial charge < -0.3 is 0 Å². The molecule has 4 heavy (non-hydrogen) atoms. The predicted molar refractivity (Wildman–Crippen MR) is 12.5 cm³/mol. The molecule has 0 aromatic rings. The van der Waals surface area contributed by atoms with Crippen LogP contribution in [0, 0.1) is 0 Å². The Morgan fingerprint density at radius 1 is 1.00 bits per heavy atom. The van der Waals surface area contributed by atoms with E-state index in [-0.39, 0.29) is 72.2 Å².